The minimum Gasteiger partial charge on any atom is -0.507 e. The van der Waals surface area contributed by atoms with Gasteiger partial charge in [0.25, 0.3) is 0 Å². The quantitative estimate of drug-likeness (QED) is 0.517. The molecule has 0 bridgehead atoms. The summed E-state index contributed by atoms with van der Waals surface area (Å²) >= 11 is 0. The van der Waals surface area contributed by atoms with Gasteiger partial charge in [0.2, 0.25) is 17.6 Å². The minimum absolute atomic E-state index is 0.0164. The van der Waals surface area contributed by atoms with Crippen LogP contribution in [0, 0.1) is 0 Å². The van der Waals surface area contributed by atoms with E-state index in [1.807, 2.05) is 24.3 Å². The Morgan fingerprint density at radius 3 is 2.94 bits per heavy atom. The number of benzene rings is 1. The van der Waals surface area contributed by atoms with Crippen LogP contribution in [0.3, 0.4) is 0 Å². The van der Waals surface area contributed by atoms with Crippen LogP contribution in [-0.2, 0) is 11.3 Å². The number of phenolic OH excluding ortho intramolecular Hbond substituents is 1. The molecule has 0 aliphatic carbocycles. The van der Waals surface area contributed by atoms with Gasteiger partial charge >= 0.3 is 0 Å². The highest BCUT2D eigenvalue weighted by atomic mass is 16.5. The third-order valence-corrected chi connectivity index (χ3v) is 5.29. The first-order valence-electron chi connectivity index (χ1n) is 10.2. The van der Waals surface area contributed by atoms with Gasteiger partial charge in [-0.3, -0.25) is 4.90 Å². The first-order valence-corrected chi connectivity index (χ1v) is 10.2. The van der Waals surface area contributed by atoms with Crippen LogP contribution in [0.5, 0.6) is 17.4 Å². The summed E-state index contributed by atoms with van der Waals surface area (Å²) in [5.41, 5.74) is 1.50. The van der Waals surface area contributed by atoms with Crippen LogP contribution in [0.25, 0.3) is 11.4 Å². The lowest BCUT2D eigenvalue weighted by atomic mass is 10.1. The largest absolute Gasteiger partial charge is 0.507 e. The lowest BCUT2D eigenvalue weighted by Crippen LogP contribution is -2.23. The summed E-state index contributed by atoms with van der Waals surface area (Å²) in [5, 5.41) is 14.5. The van der Waals surface area contributed by atoms with E-state index >= 15 is 0 Å². The average molecular weight is 426 g/mol. The van der Waals surface area contributed by atoms with E-state index in [1.54, 1.807) is 26.5 Å². The molecule has 2 aromatic heterocycles. The van der Waals surface area contributed by atoms with Crippen molar-refractivity contribution in [2.45, 2.75) is 25.4 Å². The van der Waals surface area contributed by atoms with Crippen LogP contribution in [0.2, 0.25) is 0 Å². The predicted octanol–water partition coefficient (Wildman–Crippen LogP) is 3.21. The molecule has 1 aliphatic rings. The Labute approximate surface area is 180 Å². The Morgan fingerprint density at radius 1 is 1.23 bits per heavy atom. The fraction of sp³-hybridized carbons (Fsp3) is 0.409. The summed E-state index contributed by atoms with van der Waals surface area (Å²) in [5.74, 6) is 2.27. The highest BCUT2D eigenvalue weighted by Crippen LogP contribution is 2.36. The zero-order valence-corrected chi connectivity index (χ0v) is 17.7. The monoisotopic (exact) mass is 426 g/mol. The second-order valence-electron chi connectivity index (χ2n) is 7.28. The first kappa shape index (κ1) is 21.1. The summed E-state index contributed by atoms with van der Waals surface area (Å²) < 4.78 is 21.5. The van der Waals surface area contributed by atoms with Gasteiger partial charge in [0.05, 0.1) is 25.3 Å². The second-order valence-corrected chi connectivity index (χ2v) is 7.28. The maximum Gasteiger partial charge on any atom is 0.244 e. The van der Waals surface area contributed by atoms with Gasteiger partial charge < -0.3 is 23.8 Å². The molecular formula is C22H26N4O5. The molecule has 1 atom stereocenters. The Kier molecular flexibility index (Phi) is 6.63. The van der Waals surface area contributed by atoms with Crippen molar-refractivity contribution >= 4 is 0 Å². The van der Waals surface area contributed by atoms with Crippen LogP contribution >= 0.6 is 0 Å². The summed E-state index contributed by atoms with van der Waals surface area (Å²) in [6, 6.07) is 8.99. The molecule has 1 N–H and O–H groups in total. The summed E-state index contributed by atoms with van der Waals surface area (Å²) in [7, 11) is 3.20. The van der Waals surface area contributed by atoms with Crippen molar-refractivity contribution in [3.63, 3.8) is 0 Å². The van der Waals surface area contributed by atoms with Gasteiger partial charge in [-0.15, -0.1) is 0 Å². The van der Waals surface area contributed by atoms with Gasteiger partial charge in [-0.25, -0.2) is 4.98 Å². The second kappa shape index (κ2) is 9.76. The minimum atomic E-state index is -0.0164. The van der Waals surface area contributed by atoms with Gasteiger partial charge in [-0.2, -0.15) is 4.98 Å². The number of hydrogen-bond acceptors (Lipinski definition) is 9. The number of methoxy groups -OCH3 is 2. The molecule has 3 heterocycles. The zero-order chi connectivity index (χ0) is 21.6. The third kappa shape index (κ3) is 4.78. The Balaban J connectivity index is 1.51. The molecule has 0 radical (unpaired) electrons. The molecule has 0 unspecified atom stereocenters. The van der Waals surface area contributed by atoms with Crippen molar-refractivity contribution < 1.29 is 23.8 Å². The molecule has 1 aliphatic heterocycles. The number of nitrogens with zero attached hydrogens (tertiary/aromatic N) is 4. The number of hydrogen-bond donors (Lipinski definition) is 1. The van der Waals surface area contributed by atoms with Crippen molar-refractivity contribution in [1.82, 2.24) is 20.0 Å². The fourth-order valence-corrected chi connectivity index (χ4v) is 3.70. The molecular weight excluding hydrogens is 400 g/mol. The zero-order valence-electron chi connectivity index (χ0n) is 17.7. The number of pyridine rings is 1. The highest BCUT2D eigenvalue weighted by Gasteiger charge is 2.31. The van der Waals surface area contributed by atoms with E-state index in [2.05, 4.69) is 20.0 Å². The summed E-state index contributed by atoms with van der Waals surface area (Å²) in [4.78, 5) is 11.2. The van der Waals surface area contributed by atoms with E-state index in [-0.39, 0.29) is 11.8 Å². The topological polar surface area (TPSA) is 103 Å². The predicted molar refractivity (Wildman–Crippen MR) is 112 cm³/mol. The molecule has 4 rings (SSSR count). The van der Waals surface area contributed by atoms with E-state index in [0.29, 0.717) is 48.7 Å². The Morgan fingerprint density at radius 2 is 2.13 bits per heavy atom. The average Bonchev–Trinajstić information content (AvgIpc) is 3.45. The summed E-state index contributed by atoms with van der Waals surface area (Å²) in [6.07, 6.45) is 3.58. The van der Waals surface area contributed by atoms with Crippen molar-refractivity contribution in [3.8, 4) is 28.8 Å². The number of aromatic hydroxyl groups is 1. The molecule has 9 heteroatoms. The number of likely N-dealkylation sites (tertiary alicyclic amines) is 1. The maximum absolute atomic E-state index is 10.3. The van der Waals surface area contributed by atoms with Gasteiger partial charge in [-0.1, -0.05) is 11.2 Å². The number of rotatable bonds is 9. The molecule has 1 fully saturated rings. The molecule has 31 heavy (non-hydrogen) atoms. The lowest BCUT2D eigenvalue weighted by Gasteiger charge is -2.22. The lowest BCUT2D eigenvalue weighted by molar-refractivity contribution is 0.144. The van der Waals surface area contributed by atoms with E-state index < -0.39 is 0 Å². The van der Waals surface area contributed by atoms with Gasteiger partial charge in [0, 0.05) is 31.5 Å². The molecule has 1 aromatic carbocycles. The fourth-order valence-electron chi connectivity index (χ4n) is 3.70. The number of aromatic nitrogens is 3. The number of phenols is 1. The highest BCUT2D eigenvalue weighted by molar-refractivity contribution is 5.60. The van der Waals surface area contributed by atoms with Crippen molar-refractivity contribution in [3.05, 3.63) is 48.0 Å². The van der Waals surface area contributed by atoms with E-state index in [0.717, 1.165) is 24.9 Å². The molecule has 9 nitrogen and oxygen atoms in total. The van der Waals surface area contributed by atoms with Gasteiger partial charge in [0.1, 0.15) is 18.1 Å². The first-order chi connectivity index (χ1) is 15.2. The molecule has 1 saturated heterocycles. The van der Waals surface area contributed by atoms with Crippen molar-refractivity contribution in [1.29, 1.82) is 0 Å². The molecule has 3 aromatic rings. The van der Waals surface area contributed by atoms with Crippen molar-refractivity contribution in [2.75, 3.05) is 34.0 Å². The smallest absolute Gasteiger partial charge is 0.244 e. The third-order valence-electron chi connectivity index (χ3n) is 5.29. The van der Waals surface area contributed by atoms with E-state index in [4.69, 9.17) is 18.7 Å². The maximum atomic E-state index is 10.3. The Bertz CT molecular complexity index is 1010. The van der Waals surface area contributed by atoms with Crippen molar-refractivity contribution in [2.24, 2.45) is 0 Å². The van der Waals surface area contributed by atoms with Crippen LogP contribution in [-0.4, -0.2) is 59.1 Å². The normalized spacial score (nSPS) is 16.5. The van der Waals surface area contributed by atoms with E-state index in [1.165, 1.54) is 0 Å². The molecule has 0 spiro atoms. The van der Waals surface area contributed by atoms with Crippen LogP contribution < -0.4 is 9.47 Å². The number of ether oxygens (including phenoxy) is 3. The van der Waals surface area contributed by atoms with Crippen LogP contribution in [0.4, 0.5) is 0 Å². The van der Waals surface area contributed by atoms with Crippen LogP contribution in [0.15, 0.2) is 41.1 Å². The summed E-state index contributed by atoms with van der Waals surface area (Å²) in [6.45, 7) is 2.30. The van der Waals surface area contributed by atoms with Gasteiger partial charge in [0.15, 0.2) is 0 Å². The molecule has 0 amide bonds. The van der Waals surface area contributed by atoms with Crippen LogP contribution in [0.1, 0.15) is 30.3 Å². The van der Waals surface area contributed by atoms with Gasteiger partial charge in [-0.05, 0) is 37.6 Å². The molecule has 164 valence electrons. The van der Waals surface area contributed by atoms with E-state index in [9.17, 15) is 5.11 Å². The Hall–Kier alpha value is -3.17. The SMILES string of the molecule is COCCOc1ncccc1-c1noc([C@H]2CCCN2Cc2ccc(OC)cc2O)n1. The molecule has 0 saturated carbocycles. The standard InChI is InChI=1S/C22H26N4O5/c1-28-11-12-30-21-17(5-3-9-23-21)20-24-22(31-25-20)18-6-4-10-26(18)14-15-7-8-16(29-2)13-19(15)27/h3,5,7-9,13,18,27H,4,6,10-12,14H2,1-2H3/t18-/m1/s1.